The number of nitriles is 1. The average molecular weight is 360 g/mol. The van der Waals surface area contributed by atoms with Gasteiger partial charge in [0, 0.05) is 32.3 Å². The van der Waals surface area contributed by atoms with E-state index in [0.717, 1.165) is 0 Å². The molecule has 138 valence electrons. The van der Waals surface area contributed by atoms with E-state index >= 15 is 0 Å². The van der Waals surface area contributed by atoms with Crippen molar-refractivity contribution in [3.05, 3.63) is 45.5 Å². The second-order valence-corrected chi connectivity index (χ2v) is 5.32. The van der Waals surface area contributed by atoms with Gasteiger partial charge in [0.2, 0.25) is 0 Å². The van der Waals surface area contributed by atoms with Crippen molar-refractivity contribution >= 4 is 23.5 Å². The summed E-state index contributed by atoms with van der Waals surface area (Å²) >= 11 is 0. The van der Waals surface area contributed by atoms with E-state index in [-0.39, 0.29) is 36.5 Å². The molecule has 8 heteroatoms. The number of nitrogens with zero attached hydrogens (tertiary/aromatic N) is 2. The summed E-state index contributed by atoms with van der Waals surface area (Å²) in [6.07, 6.45) is 2.75. The van der Waals surface area contributed by atoms with E-state index in [9.17, 15) is 19.7 Å². The number of unbranched alkanes of at least 4 members (excludes halogenated alkanes) is 1. The topological polar surface area (TPSA) is 120 Å². The minimum Gasteiger partial charge on any atom is -0.461 e. The fraction of sp³-hybridized carbons (Fsp3) is 0.389. The van der Waals surface area contributed by atoms with Crippen molar-refractivity contribution in [1.29, 1.82) is 5.26 Å². The Balaban J connectivity index is 2.94. The summed E-state index contributed by atoms with van der Waals surface area (Å²) in [4.78, 5) is 34.7. The molecule has 0 heterocycles. The van der Waals surface area contributed by atoms with Gasteiger partial charge in [0.25, 0.3) is 5.69 Å². The molecule has 0 bridgehead atoms. The van der Waals surface area contributed by atoms with Crippen molar-refractivity contribution in [2.75, 3.05) is 20.3 Å². The number of non-ortho nitro benzene ring substituents is 1. The van der Waals surface area contributed by atoms with E-state index in [1.54, 1.807) is 7.11 Å². The summed E-state index contributed by atoms with van der Waals surface area (Å²) in [7, 11) is 1.56. The van der Waals surface area contributed by atoms with Crippen LogP contribution in [0.2, 0.25) is 0 Å². The van der Waals surface area contributed by atoms with Crippen LogP contribution in [0.1, 0.15) is 31.2 Å². The second-order valence-electron chi connectivity index (χ2n) is 5.32. The van der Waals surface area contributed by atoms with E-state index in [1.165, 1.54) is 30.3 Å². The van der Waals surface area contributed by atoms with Crippen LogP contribution < -0.4 is 0 Å². The highest BCUT2D eigenvalue weighted by molar-refractivity contribution is 6.20. The fourth-order valence-corrected chi connectivity index (χ4v) is 2.05. The maximum absolute atomic E-state index is 12.4. The van der Waals surface area contributed by atoms with Crippen LogP contribution in [-0.2, 0) is 19.1 Å². The number of Topliss-reactive ketones (excluding diaryl/α,β-unsaturated/α-hetero) is 1. The Hall–Kier alpha value is -3.05. The number of nitro benzene ring substituents is 1. The first-order chi connectivity index (χ1) is 12.5. The van der Waals surface area contributed by atoms with E-state index in [2.05, 4.69) is 0 Å². The molecule has 0 spiro atoms. The van der Waals surface area contributed by atoms with Gasteiger partial charge in [-0.1, -0.05) is 0 Å². The lowest BCUT2D eigenvalue weighted by Crippen LogP contribution is -2.16. The molecule has 0 aliphatic carbocycles. The summed E-state index contributed by atoms with van der Waals surface area (Å²) in [5, 5.41) is 19.2. The van der Waals surface area contributed by atoms with Gasteiger partial charge in [-0.3, -0.25) is 14.9 Å². The molecule has 0 aromatic heterocycles. The van der Waals surface area contributed by atoms with Gasteiger partial charge in [0.1, 0.15) is 12.2 Å². The number of hydrogen-bond acceptors (Lipinski definition) is 7. The monoisotopic (exact) mass is 360 g/mol. The molecule has 1 rings (SSSR count). The molecule has 0 saturated carbocycles. The average Bonchev–Trinajstić information content (AvgIpc) is 2.63. The number of carbonyl (C=O) groups is 2. The van der Waals surface area contributed by atoms with Crippen LogP contribution >= 0.6 is 0 Å². The lowest BCUT2D eigenvalue weighted by molar-refractivity contribution is -0.384. The van der Waals surface area contributed by atoms with E-state index in [4.69, 9.17) is 14.7 Å². The molecule has 0 aliphatic heterocycles. The molecule has 0 aliphatic rings. The normalized spacial score (nSPS) is 10.8. The third-order valence-electron chi connectivity index (χ3n) is 3.38. The third-order valence-corrected chi connectivity index (χ3v) is 3.38. The zero-order valence-electron chi connectivity index (χ0n) is 14.5. The Morgan fingerprint density at radius 1 is 1.23 bits per heavy atom. The van der Waals surface area contributed by atoms with Crippen LogP contribution in [0.15, 0.2) is 29.8 Å². The number of ketones is 1. The fourth-order valence-electron chi connectivity index (χ4n) is 2.05. The van der Waals surface area contributed by atoms with Gasteiger partial charge in [0.15, 0.2) is 5.78 Å². The SMILES string of the molecule is COCCCCC(=O)/C(=C/c1ccc([N+](=O)[O-])cc1)C(=O)OCCC#N. The molecule has 0 radical (unpaired) electrons. The minimum atomic E-state index is -0.810. The second kappa shape index (κ2) is 11.5. The Labute approximate surface area is 151 Å². The summed E-state index contributed by atoms with van der Waals surface area (Å²) < 4.78 is 9.86. The summed E-state index contributed by atoms with van der Waals surface area (Å²) in [5.74, 6) is -1.20. The van der Waals surface area contributed by atoms with Crippen LogP contribution in [0.5, 0.6) is 0 Å². The maximum atomic E-state index is 12.4. The quantitative estimate of drug-likeness (QED) is 0.113. The molecule has 0 fully saturated rings. The van der Waals surface area contributed by atoms with Gasteiger partial charge in [-0.05, 0) is 36.6 Å². The Morgan fingerprint density at radius 3 is 2.50 bits per heavy atom. The number of ether oxygens (including phenoxy) is 2. The molecule has 0 saturated heterocycles. The van der Waals surface area contributed by atoms with Gasteiger partial charge in [0.05, 0.1) is 17.4 Å². The molecule has 0 unspecified atom stereocenters. The number of esters is 1. The number of methoxy groups -OCH3 is 1. The molecule has 26 heavy (non-hydrogen) atoms. The molecular weight excluding hydrogens is 340 g/mol. The number of benzene rings is 1. The molecule has 1 aromatic rings. The summed E-state index contributed by atoms with van der Waals surface area (Å²) in [5.41, 5.74) is 0.230. The van der Waals surface area contributed by atoms with Gasteiger partial charge < -0.3 is 9.47 Å². The third kappa shape index (κ3) is 7.23. The van der Waals surface area contributed by atoms with E-state index in [1.807, 2.05) is 6.07 Å². The van der Waals surface area contributed by atoms with Crippen molar-refractivity contribution in [3.8, 4) is 6.07 Å². The zero-order valence-corrected chi connectivity index (χ0v) is 14.5. The van der Waals surface area contributed by atoms with Crippen molar-refractivity contribution < 1.29 is 24.0 Å². The highest BCUT2D eigenvalue weighted by atomic mass is 16.6. The first-order valence-electron chi connectivity index (χ1n) is 8.02. The van der Waals surface area contributed by atoms with Gasteiger partial charge >= 0.3 is 5.97 Å². The number of hydrogen-bond donors (Lipinski definition) is 0. The standard InChI is InChI=1S/C18H20N2O6/c1-25-11-3-2-5-17(21)16(18(22)26-12-4-10-19)13-14-6-8-15(9-7-14)20(23)24/h6-9,13H,2-5,11-12H2,1H3/b16-13-. The van der Waals surface area contributed by atoms with Crippen LogP contribution in [0.3, 0.4) is 0 Å². The number of carbonyl (C=O) groups excluding carboxylic acids is 2. The van der Waals surface area contributed by atoms with Crippen molar-refractivity contribution in [2.24, 2.45) is 0 Å². The summed E-state index contributed by atoms with van der Waals surface area (Å²) in [6.45, 7) is 0.408. The Bertz CT molecular complexity index is 703. The highest BCUT2D eigenvalue weighted by Gasteiger charge is 2.19. The van der Waals surface area contributed by atoms with E-state index in [0.29, 0.717) is 25.0 Å². The zero-order chi connectivity index (χ0) is 19.4. The molecule has 0 N–H and O–H groups in total. The van der Waals surface area contributed by atoms with Crippen LogP contribution in [-0.4, -0.2) is 37.0 Å². The lowest BCUT2D eigenvalue weighted by atomic mass is 10.0. The number of nitro groups is 1. The van der Waals surface area contributed by atoms with Crippen LogP contribution in [0.4, 0.5) is 5.69 Å². The summed E-state index contributed by atoms with van der Waals surface area (Å²) in [6, 6.07) is 7.30. The first kappa shape index (κ1) is 21.0. The molecule has 1 aromatic carbocycles. The van der Waals surface area contributed by atoms with Crippen LogP contribution in [0, 0.1) is 21.4 Å². The maximum Gasteiger partial charge on any atom is 0.341 e. The minimum absolute atomic E-state index is 0.0264. The van der Waals surface area contributed by atoms with Crippen molar-refractivity contribution in [2.45, 2.75) is 25.7 Å². The van der Waals surface area contributed by atoms with Crippen LogP contribution in [0.25, 0.3) is 6.08 Å². The van der Waals surface area contributed by atoms with Crippen molar-refractivity contribution in [3.63, 3.8) is 0 Å². The predicted molar refractivity (Wildman–Crippen MR) is 93.0 cm³/mol. The van der Waals surface area contributed by atoms with Gasteiger partial charge in [-0.2, -0.15) is 5.26 Å². The van der Waals surface area contributed by atoms with E-state index < -0.39 is 10.9 Å². The van der Waals surface area contributed by atoms with Gasteiger partial charge in [-0.15, -0.1) is 0 Å². The van der Waals surface area contributed by atoms with Crippen molar-refractivity contribution in [1.82, 2.24) is 0 Å². The largest absolute Gasteiger partial charge is 0.461 e. The number of rotatable bonds is 11. The highest BCUT2D eigenvalue weighted by Crippen LogP contribution is 2.17. The molecule has 0 atom stereocenters. The predicted octanol–water partition coefficient (Wildman–Crippen LogP) is 2.82. The molecule has 0 amide bonds. The Morgan fingerprint density at radius 2 is 1.92 bits per heavy atom. The first-order valence-corrected chi connectivity index (χ1v) is 8.02. The smallest absolute Gasteiger partial charge is 0.341 e. The Kier molecular flexibility index (Phi) is 9.28. The molecular formula is C18H20N2O6. The molecule has 8 nitrogen and oxygen atoms in total. The lowest BCUT2D eigenvalue weighted by Gasteiger charge is -2.07. The van der Waals surface area contributed by atoms with Gasteiger partial charge in [-0.25, -0.2) is 4.79 Å².